The molecule has 0 spiro atoms. The van der Waals surface area contributed by atoms with Crippen LogP contribution in [0.25, 0.3) is 11.0 Å². The third kappa shape index (κ3) is 3.49. The van der Waals surface area contributed by atoms with E-state index in [1.54, 1.807) is 6.20 Å². The molecule has 0 saturated heterocycles. The van der Waals surface area contributed by atoms with E-state index in [0.29, 0.717) is 18.3 Å². The van der Waals surface area contributed by atoms with Crippen molar-refractivity contribution in [2.75, 3.05) is 6.54 Å². The Morgan fingerprint density at radius 3 is 2.81 bits per heavy atom. The highest BCUT2D eigenvalue weighted by Crippen LogP contribution is 2.25. The number of rotatable bonds is 5. The third-order valence-electron chi connectivity index (χ3n) is 5.34. The Kier molecular flexibility index (Phi) is 4.73. The first kappa shape index (κ1) is 16.8. The largest absolute Gasteiger partial charge is 0.337 e. The van der Waals surface area contributed by atoms with Crippen LogP contribution < -0.4 is 0 Å². The van der Waals surface area contributed by atoms with E-state index in [9.17, 15) is 4.79 Å². The summed E-state index contributed by atoms with van der Waals surface area (Å²) in [6.07, 6.45) is 9.93. The van der Waals surface area contributed by atoms with Gasteiger partial charge in [0.05, 0.1) is 17.6 Å². The zero-order valence-electron chi connectivity index (χ0n) is 15.2. The summed E-state index contributed by atoms with van der Waals surface area (Å²) < 4.78 is 1.97. The summed E-state index contributed by atoms with van der Waals surface area (Å²) in [4.78, 5) is 27.2. The molecule has 1 amide bonds. The number of para-hydroxylation sites is 2. The van der Waals surface area contributed by atoms with Gasteiger partial charge in [0.2, 0.25) is 0 Å². The first-order valence-corrected chi connectivity index (χ1v) is 9.41. The van der Waals surface area contributed by atoms with E-state index >= 15 is 0 Å². The van der Waals surface area contributed by atoms with E-state index in [1.807, 2.05) is 47.0 Å². The molecule has 0 aliphatic heterocycles. The van der Waals surface area contributed by atoms with Crippen molar-refractivity contribution in [3.05, 3.63) is 48.3 Å². The summed E-state index contributed by atoms with van der Waals surface area (Å²) >= 11 is 0. The Morgan fingerprint density at radius 1 is 1.27 bits per heavy atom. The third-order valence-corrected chi connectivity index (χ3v) is 5.34. The van der Waals surface area contributed by atoms with Gasteiger partial charge < -0.3 is 14.5 Å². The van der Waals surface area contributed by atoms with Crippen molar-refractivity contribution in [2.24, 2.45) is 13.0 Å². The number of aryl methyl sites for hydroxylation is 1. The van der Waals surface area contributed by atoms with Crippen molar-refractivity contribution >= 4 is 16.9 Å². The Labute approximate surface area is 153 Å². The summed E-state index contributed by atoms with van der Waals surface area (Å²) in [6, 6.07) is 7.75. The molecule has 1 N–H and O–H groups in total. The van der Waals surface area contributed by atoms with Crippen LogP contribution in [0.15, 0.2) is 36.7 Å². The van der Waals surface area contributed by atoms with Crippen LogP contribution in [-0.2, 0) is 13.6 Å². The van der Waals surface area contributed by atoms with Crippen molar-refractivity contribution < 1.29 is 4.79 Å². The van der Waals surface area contributed by atoms with E-state index in [1.165, 1.54) is 32.1 Å². The molecular formula is C20H25N5O. The van der Waals surface area contributed by atoms with Gasteiger partial charge in [-0.3, -0.25) is 4.79 Å². The first-order chi connectivity index (χ1) is 12.7. The second-order valence-electron chi connectivity index (χ2n) is 7.25. The molecule has 2 heterocycles. The van der Waals surface area contributed by atoms with Crippen molar-refractivity contribution in [1.29, 1.82) is 0 Å². The maximum Gasteiger partial charge on any atom is 0.290 e. The molecule has 3 aromatic rings. The van der Waals surface area contributed by atoms with Crippen LogP contribution in [0.1, 0.15) is 48.5 Å². The number of aromatic nitrogens is 4. The Balaban J connectivity index is 1.59. The number of benzene rings is 1. The van der Waals surface area contributed by atoms with E-state index < -0.39 is 0 Å². The topological polar surface area (TPSA) is 66.8 Å². The van der Waals surface area contributed by atoms with Crippen LogP contribution in [0.2, 0.25) is 0 Å². The van der Waals surface area contributed by atoms with Gasteiger partial charge in [-0.1, -0.05) is 31.4 Å². The smallest absolute Gasteiger partial charge is 0.290 e. The maximum atomic E-state index is 13.2. The van der Waals surface area contributed by atoms with Crippen molar-refractivity contribution in [1.82, 2.24) is 24.4 Å². The summed E-state index contributed by atoms with van der Waals surface area (Å²) in [5, 5.41) is 0. The molecule has 6 heteroatoms. The zero-order chi connectivity index (χ0) is 17.9. The molecule has 1 aromatic carbocycles. The minimum atomic E-state index is -0.0465. The zero-order valence-corrected chi connectivity index (χ0v) is 15.2. The van der Waals surface area contributed by atoms with Crippen LogP contribution in [0.5, 0.6) is 0 Å². The molecule has 1 aliphatic carbocycles. The van der Waals surface area contributed by atoms with Gasteiger partial charge in [-0.2, -0.15) is 0 Å². The Bertz CT molecular complexity index is 857. The number of carbonyl (C=O) groups excluding carboxylic acids is 1. The molecule has 6 nitrogen and oxygen atoms in total. The number of nitrogens with zero attached hydrogens (tertiary/aromatic N) is 4. The molecule has 26 heavy (non-hydrogen) atoms. The second kappa shape index (κ2) is 7.32. The lowest BCUT2D eigenvalue weighted by molar-refractivity contribution is 0.0681. The number of imidazole rings is 2. The standard InChI is InChI=1S/C20H25N5O/c1-24-12-11-21-18(24)14-25(13-15-7-3-2-4-8-15)20(26)19-22-16-9-5-6-10-17(16)23-19/h5-6,9-12,15H,2-4,7-8,13-14H2,1H3,(H,22,23). The number of amides is 1. The van der Waals surface area contributed by atoms with Crippen molar-refractivity contribution in [3.63, 3.8) is 0 Å². The SMILES string of the molecule is Cn1ccnc1CN(CC1CCCCC1)C(=O)c1nc2ccccc2[nH]1. The minimum Gasteiger partial charge on any atom is -0.337 e. The van der Waals surface area contributed by atoms with Crippen molar-refractivity contribution in [2.45, 2.75) is 38.6 Å². The predicted molar refractivity (Wildman–Crippen MR) is 101 cm³/mol. The van der Waals surface area contributed by atoms with Gasteiger partial charge in [0.1, 0.15) is 5.82 Å². The molecule has 1 aliphatic rings. The summed E-state index contributed by atoms with van der Waals surface area (Å²) in [7, 11) is 1.97. The highest BCUT2D eigenvalue weighted by atomic mass is 16.2. The molecule has 0 radical (unpaired) electrons. The number of hydrogen-bond donors (Lipinski definition) is 1. The van der Waals surface area contributed by atoms with Crippen LogP contribution in [0, 0.1) is 5.92 Å². The molecule has 4 rings (SSSR count). The highest BCUT2D eigenvalue weighted by Gasteiger charge is 2.25. The molecule has 0 atom stereocenters. The summed E-state index contributed by atoms with van der Waals surface area (Å²) in [5.41, 5.74) is 1.72. The van der Waals surface area contributed by atoms with E-state index in [0.717, 1.165) is 23.4 Å². The van der Waals surface area contributed by atoms with Gasteiger partial charge in [0.25, 0.3) is 5.91 Å². The second-order valence-corrected chi connectivity index (χ2v) is 7.25. The van der Waals surface area contributed by atoms with Crippen LogP contribution in [-0.4, -0.2) is 36.9 Å². The van der Waals surface area contributed by atoms with Gasteiger partial charge in [0.15, 0.2) is 5.82 Å². The molecule has 1 fully saturated rings. The maximum absolute atomic E-state index is 13.2. The minimum absolute atomic E-state index is 0.0465. The van der Waals surface area contributed by atoms with Crippen LogP contribution in [0.3, 0.4) is 0 Å². The lowest BCUT2D eigenvalue weighted by Crippen LogP contribution is -2.37. The normalized spacial score (nSPS) is 15.4. The highest BCUT2D eigenvalue weighted by molar-refractivity contribution is 5.94. The van der Waals surface area contributed by atoms with Gasteiger partial charge >= 0.3 is 0 Å². The quantitative estimate of drug-likeness (QED) is 0.765. The number of aromatic amines is 1. The van der Waals surface area contributed by atoms with Crippen LogP contribution in [0.4, 0.5) is 0 Å². The van der Waals surface area contributed by atoms with Crippen molar-refractivity contribution in [3.8, 4) is 0 Å². The van der Waals surface area contributed by atoms with Gasteiger partial charge in [0, 0.05) is 26.0 Å². The van der Waals surface area contributed by atoms with E-state index in [2.05, 4.69) is 15.0 Å². The van der Waals surface area contributed by atoms with Gasteiger partial charge in [-0.25, -0.2) is 9.97 Å². The average Bonchev–Trinajstić information content (AvgIpc) is 3.27. The Hall–Kier alpha value is -2.63. The molecule has 1 saturated carbocycles. The number of hydrogen-bond acceptors (Lipinski definition) is 3. The van der Waals surface area contributed by atoms with E-state index in [4.69, 9.17) is 0 Å². The number of carbonyl (C=O) groups is 1. The summed E-state index contributed by atoms with van der Waals surface area (Å²) in [6.45, 7) is 1.28. The van der Waals surface area contributed by atoms with Gasteiger partial charge in [-0.15, -0.1) is 0 Å². The number of H-pyrrole nitrogens is 1. The predicted octanol–water partition coefficient (Wildman–Crippen LogP) is 3.52. The van der Waals surface area contributed by atoms with Gasteiger partial charge in [-0.05, 0) is 30.9 Å². The molecular weight excluding hydrogens is 326 g/mol. The fourth-order valence-electron chi connectivity index (χ4n) is 3.82. The monoisotopic (exact) mass is 351 g/mol. The molecule has 136 valence electrons. The Morgan fingerprint density at radius 2 is 2.08 bits per heavy atom. The molecule has 2 aromatic heterocycles. The van der Waals surface area contributed by atoms with E-state index in [-0.39, 0.29) is 5.91 Å². The lowest BCUT2D eigenvalue weighted by Gasteiger charge is -2.29. The fraction of sp³-hybridized carbons (Fsp3) is 0.450. The lowest BCUT2D eigenvalue weighted by atomic mass is 9.89. The number of nitrogens with one attached hydrogen (secondary N) is 1. The molecule has 0 unspecified atom stereocenters. The average molecular weight is 351 g/mol. The molecule has 0 bridgehead atoms. The fourth-order valence-corrected chi connectivity index (χ4v) is 3.82. The summed E-state index contributed by atoms with van der Waals surface area (Å²) in [5.74, 6) is 1.83. The number of fused-ring (bicyclic) bond motifs is 1. The van der Waals surface area contributed by atoms with Crippen LogP contribution >= 0.6 is 0 Å². The first-order valence-electron chi connectivity index (χ1n) is 9.41.